The van der Waals surface area contributed by atoms with Gasteiger partial charge in [-0.15, -0.1) is 0 Å². The first kappa shape index (κ1) is 14.2. The minimum atomic E-state index is -1.08. The fourth-order valence-corrected chi connectivity index (χ4v) is 1.57. The van der Waals surface area contributed by atoms with Crippen LogP contribution in [-0.4, -0.2) is 30.7 Å². The number of carbonyl (C=O) groups is 2. The molecular weight excluding hydrogens is 234 g/mol. The van der Waals surface area contributed by atoms with Gasteiger partial charge in [-0.1, -0.05) is 29.8 Å². The van der Waals surface area contributed by atoms with Gasteiger partial charge in [-0.3, -0.25) is 4.79 Å². The third kappa shape index (κ3) is 4.18. The zero-order valence-corrected chi connectivity index (χ0v) is 10.5. The summed E-state index contributed by atoms with van der Waals surface area (Å²) in [7, 11) is 1.49. The van der Waals surface area contributed by atoms with E-state index >= 15 is 0 Å². The maximum atomic E-state index is 11.5. The van der Waals surface area contributed by atoms with Gasteiger partial charge in [0.05, 0.1) is 6.61 Å². The first-order valence-electron chi connectivity index (χ1n) is 5.62. The fraction of sp³-hybridized carbons (Fsp3) is 0.385. The van der Waals surface area contributed by atoms with Crippen molar-refractivity contribution in [3.05, 3.63) is 35.4 Å². The molecule has 1 aromatic carbocycles. The number of hydrogen-bond acceptors (Lipinski definition) is 3. The summed E-state index contributed by atoms with van der Waals surface area (Å²) >= 11 is 0. The Bertz CT molecular complexity index is 431. The van der Waals surface area contributed by atoms with Crippen LogP contribution in [0.15, 0.2) is 24.3 Å². The Morgan fingerprint density at radius 2 is 2.17 bits per heavy atom. The molecule has 98 valence electrons. The molecule has 0 spiro atoms. The lowest BCUT2D eigenvalue weighted by Crippen LogP contribution is -2.34. The maximum absolute atomic E-state index is 11.5. The number of carbonyl (C=O) groups excluding carboxylic acids is 1. The van der Waals surface area contributed by atoms with Crippen molar-refractivity contribution in [2.45, 2.75) is 19.4 Å². The number of amides is 1. The molecule has 2 N–H and O–H groups in total. The second-order valence-electron chi connectivity index (χ2n) is 4.00. The fourth-order valence-electron chi connectivity index (χ4n) is 1.57. The van der Waals surface area contributed by atoms with E-state index in [-0.39, 0.29) is 18.9 Å². The van der Waals surface area contributed by atoms with Crippen LogP contribution in [0.1, 0.15) is 23.6 Å². The molecule has 0 heterocycles. The smallest absolute Gasteiger partial charge is 0.330 e. The van der Waals surface area contributed by atoms with Gasteiger partial charge in [-0.05, 0) is 12.5 Å². The largest absolute Gasteiger partial charge is 0.479 e. The zero-order chi connectivity index (χ0) is 13.5. The number of hydrogen-bond donors (Lipinski definition) is 2. The van der Waals surface area contributed by atoms with Crippen LogP contribution in [0.25, 0.3) is 0 Å². The summed E-state index contributed by atoms with van der Waals surface area (Å²) in [5, 5.41) is 11.6. The molecule has 0 aliphatic carbocycles. The van der Waals surface area contributed by atoms with E-state index in [0.717, 1.165) is 5.56 Å². The lowest BCUT2D eigenvalue weighted by Gasteiger charge is -2.15. The Kier molecular flexibility index (Phi) is 5.32. The predicted octanol–water partition coefficient (Wildman–Crippen LogP) is 1.27. The maximum Gasteiger partial charge on any atom is 0.330 e. The molecule has 0 saturated carbocycles. The van der Waals surface area contributed by atoms with Crippen molar-refractivity contribution in [1.82, 2.24) is 5.32 Å². The second kappa shape index (κ2) is 6.76. The molecule has 1 unspecified atom stereocenters. The number of nitrogens with one attached hydrogen (secondary N) is 1. The van der Waals surface area contributed by atoms with Crippen molar-refractivity contribution in [2.75, 3.05) is 13.7 Å². The highest BCUT2D eigenvalue weighted by Crippen LogP contribution is 2.15. The van der Waals surface area contributed by atoms with E-state index < -0.39 is 12.0 Å². The number of rotatable bonds is 6. The normalized spacial score (nSPS) is 11.9. The molecule has 1 aromatic rings. The summed E-state index contributed by atoms with van der Waals surface area (Å²) in [4.78, 5) is 22.7. The highest BCUT2D eigenvalue weighted by Gasteiger charge is 2.21. The van der Waals surface area contributed by atoms with Crippen LogP contribution in [0.2, 0.25) is 0 Å². The van der Waals surface area contributed by atoms with Gasteiger partial charge in [0.15, 0.2) is 6.04 Å². The van der Waals surface area contributed by atoms with Gasteiger partial charge < -0.3 is 15.2 Å². The Labute approximate surface area is 106 Å². The molecule has 18 heavy (non-hydrogen) atoms. The first-order valence-corrected chi connectivity index (χ1v) is 5.62. The van der Waals surface area contributed by atoms with Crippen LogP contribution >= 0.6 is 0 Å². The van der Waals surface area contributed by atoms with Crippen LogP contribution in [-0.2, 0) is 14.3 Å². The highest BCUT2D eigenvalue weighted by molar-refractivity contribution is 5.84. The Morgan fingerprint density at radius 1 is 1.44 bits per heavy atom. The number of benzene rings is 1. The first-order chi connectivity index (χ1) is 8.54. The highest BCUT2D eigenvalue weighted by atomic mass is 16.5. The number of methoxy groups -OCH3 is 1. The minimum absolute atomic E-state index is 0.145. The van der Waals surface area contributed by atoms with Crippen molar-refractivity contribution in [1.29, 1.82) is 0 Å². The van der Waals surface area contributed by atoms with Gasteiger partial charge in [0.25, 0.3) is 0 Å². The molecule has 0 radical (unpaired) electrons. The summed E-state index contributed by atoms with van der Waals surface area (Å²) in [5.74, 6) is -1.42. The van der Waals surface area contributed by atoms with Gasteiger partial charge in [0, 0.05) is 13.5 Å². The molecule has 0 aliphatic rings. The quantitative estimate of drug-likeness (QED) is 0.798. The Balaban J connectivity index is 2.77. The lowest BCUT2D eigenvalue weighted by molar-refractivity contribution is -0.142. The molecule has 0 aromatic heterocycles. The van der Waals surface area contributed by atoms with E-state index in [0.29, 0.717) is 5.56 Å². The number of carboxylic acids is 1. The van der Waals surface area contributed by atoms with E-state index in [1.165, 1.54) is 7.11 Å². The third-order valence-corrected chi connectivity index (χ3v) is 2.46. The molecule has 0 saturated heterocycles. The van der Waals surface area contributed by atoms with E-state index in [9.17, 15) is 9.59 Å². The number of aliphatic carboxylic acids is 1. The summed E-state index contributed by atoms with van der Waals surface area (Å²) in [6, 6.07) is 6.05. The molecule has 1 atom stereocenters. The average Bonchev–Trinajstić information content (AvgIpc) is 2.33. The molecule has 0 bridgehead atoms. The average molecular weight is 251 g/mol. The molecular formula is C13H17NO4. The monoisotopic (exact) mass is 251 g/mol. The minimum Gasteiger partial charge on any atom is -0.479 e. The van der Waals surface area contributed by atoms with Crippen LogP contribution in [0.5, 0.6) is 0 Å². The molecule has 5 heteroatoms. The lowest BCUT2D eigenvalue weighted by atomic mass is 10.0. The third-order valence-electron chi connectivity index (χ3n) is 2.46. The number of ether oxygens (including phenoxy) is 1. The van der Waals surface area contributed by atoms with Gasteiger partial charge in [0.1, 0.15) is 0 Å². The van der Waals surface area contributed by atoms with Crippen molar-refractivity contribution in [3.8, 4) is 0 Å². The van der Waals surface area contributed by atoms with E-state index in [1.807, 2.05) is 13.0 Å². The van der Waals surface area contributed by atoms with Crippen LogP contribution in [0, 0.1) is 6.92 Å². The number of carboxylic acid groups (broad SMARTS) is 1. The standard InChI is InChI=1S/C13H17NO4/c1-9-4-3-5-10(8-9)12(13(16)17)14-11(15)6-7-18-2/h3-5,8,12H,6-7H2,1-2H3,(H,14,15)(H,16,17). The van der Waals surface area contributed by atoms with Crippen molar-refractivity contribution < 1.29 is 19.4 Å². The predicted molar refractivity (Wildman–Crippen MR) is 66.2 cm³/mol. The van der Waals surface area contributed by atoms with Gasteiger partial charge in [0.2, 0.25) is 5.91 Å². The van der Waals surface area contributed by atoms with Gasteiger partial charge in [-0.2, -0.15) is 0 Å². The molecule has 1 amide bonds. The van der Waals surface area contributed by atoms with Crippen molar-refractivity contribution >= 4 is 11.9 Å². The van der Waals surface area contributed by atoms with E-state index in [4.69, 9.17) is 9.84 Å². The van der Waals surface area contributed by atoms with E-state index in [1.54, 1.807) is 18.2 Å². The summed E-state index contributed by atoms with van der Waals surface area (Å²) < 4.78 is 4.77. The van der Waals surface area contributed by atoms with Gasteiger partial charge >= 0.3 is 5.97 Å². The SMILES string of the molecule is COCCC(=O)NC(C(=O)O)c1cccc(C)c1. The summed E-state index contributed by atoms with van der Waals surface area (Å²) in [6.45, 7) is 2.14. The molecule has 0 fully saturated rings. The summed E-state index contributed by atoms with van der Waals surface area (Å²) in [6.07, 6.45) is 0.145. The van der Waals surface area contributed by atoms with Gasteiger partial charge in [-0.25, -0.2) is 4.79 Å². The topological polar surface area (TPSA) is 75.6 Å². The summed E-state index contributed by atoms with van der Waals surface area (Å²) in [5.41, 5.74) is 1.51. The Morgan fingerprint density at radius 3 is 2.72 bits per heavy atom. The zero-order valence-electron chi connectivity index (χ0n) is 10.5. The Hall–Kier alpha value is -1.88. The van der Waals surface area contributed by atoms with Crippen molar-refractivity contribution in [3.63, 3.8) is 0 Å². The van der Waals surface area contributed by atoms with Crippen LogP contribution in [0.3, 0.4) is 0 Å². The second-order valence-corrected chi connectivity index (χ2v) is 4.00. The van der Waals surface area contributed by atoms with Crippen molar-refractivity contribution in [2.24, 2.45) is 0 Å². The number of aryl methyl sites for hydroxylation is 1. The van der Waals surface area contributed by atoms with Crippen LogP contribution < -0.4 is 5.32 Å². The molecule has 0 aliphatic heterocycles. The van der Waals surface area contributed by atoms with E-state index in [2.05, 4.69) is 5.32 Å². The molecule has 5 nitrogen and oxygen atoms in total. The van der Waals surface area contributed by atoms with Crippen LogP contribution in [0.4, 0.5) is 0 Å². The molecule has 1 rings (SSSR count).